The van der Waals surface area contributed by atoms with E-state index >= 15 is 0 Å². The van der Waals surface area contributed by atoms with Gasteiger partial charge in [-0.05, 0) is 45.0 Å². The van der Waals surface area contributed by atoms with Gasteiger partial charge in [-0.2, -0.15) is 13.2 Å². The van der Waals surface area contributed by atoms with Crippen molar-refractivity contribution < 1.29 is 18.0 Å². The third-order valence-electron chi connectivity index (χ3n) is 3.81. The molecular formula is C15H19F3N2O. The standard InChI is InChI=1S/C15H19F3N2O/c1-2-20(11-7-9-19-10-8-11)14(21)12-5-3-4-6-13(12)15(16,17)18/h3-6,11,19H,2,7-10H2,1H3. The minimum absolute atomic E-state index is 0.00467. The monoisotopic (exact) mass is 300 g/mol. The number of halogens is 3. The van der Waals surface area contributed by atoms with E-state index < -0.39 is 17.6 Å². The van der Waals surface area contributed by atoms with E-state index in [0.29, 0.717) is 6.54 Å². The molecule has 0 saturated carbocycles. The molecule has 0 atom stereocenters. The Hall–Kier alpha value is -1.56. The molecule has 0 radical (unpaired) electrons. The van der Waals surface area contributed by atoms with Crippen molar-refractivity contribution in [1.29, 1.82) is 0 Å². The molecular weight excluding hydrogens is 281 g/mol. The third kappa shape index (κ3) is 3.56. The number of amides is 1. The zero-order chi connectivity index (χ0) is 15.5. The lowest BCUT2D eigenvalue weighted by molar-refractivity contribution is -0.138. The Kier molecular flexibility index (Phi) is 4.88. The van der Waals surface area contributed by atoms with Gasteiger partial charge in [-0.25, -0.2) is 0 Å². The van der Waals surface area contributed by atoms with Crippen molar-refractivity contribution in [2.24, 2.45) is 0 Å². The van der Waals surface area contributed by atoms with E-state index in [4.69, 9.17) is 0 Å². The van der Waals surface area contributed by atoms with Gasteiger partial charge in [0, 0.05) is 12.6 Å². The molecule has 1 saturated heterocycles. The van der Waals surface area contributed by atoms with Crippen LogP contribution < -0.4 is 5.32 Å². The summed E-state index contributed by atoms with van der Waals surface area (Å²) >= 11 is 0. The number of piperidine rings is 1. The van der Waals surface area contributed by atoms with Crippen LogP contribution in [-0.2, 0) is 6.18 Å². The van der Waals surface area contributed by atoms with E-state index in [1.165, 1.54) is 18.2 Å². The highest BCUT2D eigenvalue weighted by Crippen LogP contribution is 2.32. The van der Waals surface area contributed by atoms with Gasteiger partial charge in [-0.1, -0.05) is 12.1 Å². The second kappa shape index (κ2) is 6.47. The van der Waals surface area contributed by atoms with Gasteiger partial charge in [0.1, 0.15) is 0 Å². The van der Waals surface area contributed by atoms with Crippen LogP contribution >= 0.6 is 0 Å². The first-order valence-electron chi connectivity index (χ1n) is 7.13. The van der Waals surface area contributed by atoms with Crippen LogP contribution in [0.4, 0.5) is 13.2 Å². The summed E-state index contributed by atoms with van der Waals surface area (Å²) in [6, 6.07) is 5.00. The molecule has 1 aromatic carbocycles. The van der Waals surface area contributed by atoms with E-state index in [-0.39, 0.29) is 11.6 Å². The van der Waals surface area contributed by atoms with Crippen LogP contribution in [0.2, 0.25) is 0 Å². The molecule has 6 heteroatoms. The van der Waals surface area contributed by atoms with E-state index in [1.54, 1.807) is 11.8 Å². The van der Waals surface area contributed by atoms with Crippen molar-refractivity contribution in [1.82, 2.24) is 10.2 Å². The average molecular weight is 300 g/mol. The van der Waals surface area contributed by atoms with E-state index in [2.05, 4.69) is 5.32 Å². The maximum atomic E-state index is 13.0. The van der Waals surface area contributed by atoms with Crippen molar-refractivity contribution in [3.05, 3.63) is 35.4 Å². The molecule has 0 aromatic heterocycles. The molecule has 116 valence electrons. The zero-order valence-electron chi connectivity index (χ0n) is 11.9. The van der Waals surface area contributed by atoms with Crippen molar-refractivity contribution in [2.45, 2.75) is 32.0 Å². The lowest BCUT2D eigenvalue weighted by atomic mass is 10.0. The Morgan fingerprint density at radius 1 is 1.29 bits per heavy atom. The van der Waals surface area contributed by atoms with Gasteiger partial charge in [0.25, 0.3) is 5.91 Å². The lowest BCUT2D eigenvalue weighted by Gasteiger charge is -2.34. The van der Waals surface area contributed by atoms with Gasteiger partial charge in [0.15, 0.2) is 0 Å². The number of carbonyl (C=O) groups is 1. The maximum absolute atomic E-state index is 13.0. The summed E-state index contributed by atoms with van der Waals surface area (Å²) in [7, 11) is 0. The Balaban J connectivity index is 2.29. The zero-order valence-corrected chi connectivity index (χ0v) is 11.9. The first-order chi connectivity index (χ1) is 9.95. The highest BCUT2D eigenvalue weighted by molar-refractivity contribution is 5.96. The molecule has 1 aromatic rings. The maximum Gasteiger partial charge on any atom is 0.417 e. The quantitative estimate of drug-likeness (QED) is 0.931. The van der Waals surface area contributed by atoms with Gasteiger partial charge in [0.05, 0.1) is 11.1 Å². The minimum atomic E-state index is -4.51. The summed E-state index contributed by atoms with van der Waals surface area (Å²) in [5.74, 6) is -0.530. The number of rotatable bonds is 3. The fraction of sp³-hybridized carbons (Fsp3) is 0.533. The summed E-state index contributed by atoms with van der Waals surface area (Å²) in [6.07, 6.45) is -2.97. The number of nitrogens with zero attached hydrogens (tertiary/aromatic N) is 1. The average Bonchev–Trinajstić information content (AvgIpc) is 2.48. The second-order valence-electron chi connectivity index (χ2n) is 5.12. The summed E-state index contributed by atoms with van der Waals surface area (Å²) in [5, 5.41) is 3.19. The van der Waals surface area contributed by atoms with Crippen LogP contribution in [0, 0.1) is 0 Å². The number of carbonyl (C=O) groups excluding carboxylic acids is 1. The molecule has 1 aliphatic rings. The number of nitrogens with one attached hydrogen (secondary N) is 1. The van der Waals surface area contributed by atoms with Crippen LogP contribution in [0.5, 0.6) is 0 Å². The lowest BCUT2D eigenvalue weighted by Crippen LogP contribution is -2.46. The SMILES string of the molecule is CCN(C(=O)c1ccccc1C(F)(F)F)C1CCNCC1. The van der Waals surface area contributed by atoms with Crippen LogP contribution in [0.15, 0.2) is 24.3 Å². The second-order valence-corrected chi connectivity index (χ2v) is 5.12. The van der Waals surface area contributed by atoms with Crippen LogP contribution in [0.25, 0.3) is 0 Å². The van der Waals surface area contributed by atoms with Gasteiger partial charge in [-0.3, -0.25) is 4.79 Å². The molecule has 1 N–H and O–H groups in total. The van der Waals surface area contributed by atoms with Gasteiger partial charge >= 0.3 is 6.18 Å². The number of benzene rings is 1. The fourth-order valence-electron chi connectivity index (χ4n) is 2.76. The van der Waals surface area contributed by atoms with Gasteiger partial charge in [0.2, 0.25) is 0 Å². The highest BCUT2D eigenvalue weighted by Gasteiger charge is 2.36. The summed E-state index contributed by atoms with van der Waals surface area (Å²) < 4.78 is 39.1. The number of alkyl halides is 3. The van der Waals surface area contributed by atoms with Crippen molar-refractivity contribution >= 4 is 5.91 Å². The normalized spacial score (nSPS) is 16.8. The molecule has 1 amide bonds. The largest absolute Gasteiger partial charge is 0.417 e. The number of hydrogen-bond acceptors (Lipinski definition) is 2. The Morgan fingerprint density at radius 2 is 1.90 bits per heavy atom. The van der Waals surface area contributed by atoms with E-state index in [9.17, 15) is 18.0 Å². The highest BCUT2D eigenvalue weighted by atomic mass is 19.4. The minimum Gasteiger partial charge on any atom is -0.336 e. The van der Waals surface area contributed by atoms with E-state index in [1.807, 2.05) is 0 Å². The molecule has 3 nitrogen and oxygen atoms in total. The summed E-state index contributed by atoms with van der Waals surface area (Å²) in [4.78, 5) is 14.1. The van der Waals surface area contributed by atoms with E-state index in [0.717, 1.165) is 32.0 Å². The summed E-state index contributed by atoms with van der Waals surface area (Å²) in [5.41, 5.74) is -1.12. The summed E-state index contributed by atoms with van der Waals surface area (Å²) in [6.45, 7) is 3.79. The Morgan fingerprint density at radius 3 is 2.48 bits per heavy atom. The molecule has 1 aliphatic heterocycles. The van der Waals surface area contributed by atoms with Crippen LogP contribution in [0.1, 0.15) is 35.7 Å². The Bertz CT molecular complexity index is 496. The molecule has 21 heavy (non-hydrogen) atoms. The predicted octanol–water partition coefficient (Wildman–Crippen LogP) is 2.92. The molecule has 0 spiro atoms. The molecule has 0 bridgehead atoms. The van der Waals surface area contributed by atoms with Crippen molar-refractivity contribution in [3.63, 3.8) is 0 Å². The topological polar surface area (TPSA) is 32.3 Å². The molecule has 0 unspecified atom stereocenters. The molecule has 2 rings (SSSR count). The Labute approximate surface area is 122 Å². The first kappa shape index (κ1) is 15.8. The fourth-order valence-corrected chi connectivity index (χ4v) is 2.76. The van der Waals surface area contributed by atoms with Gasteiger partial charge in [-0.15, -0.1) is 0 Å². The third-order valence-corrected chi connectivity index (χ3v) is 3.81. The smallest absolute Gasteiger partial charge is 0.336 e. The van der Waals surface area contributed by atoms with Crippen LogP contribution in [-0.4, -0.2) is 36.5 Å². The van der Waals surface area contributed by atoms with Crippen LogP contribution in [0.3, 0.4) is 0 Å². The predicted molar refractivity (Wildman–Crippen MR) is 74.0 cm³/mol. The molecule has 0 aliphatic carbocycles. The number of hydrogen-bond donors (Lipinski definition) is 1. The van der Waals surface area contributed by atoms with Crippen molar-refractivity contribution in [2.75, 3.05) is 19.6 Å². The molecule has 1 fully saturated rings. The first-order valence-corrected chi connectivity index (χ1v) is 7.13. The van der Waals surface area contributed by atoms with Crippen molar-refractivity contribution in [3.8, 4) is 0 Å². The molecule has 1 heterocycles. The van der Waals surface area contributed by atoms with Gasteiger partial charge < -0.3 is 10.2 Å².